The molecule has 0 spiro atoms. The van der Waals surface area contributed by atoms with Crippen LogP contribution < -0.4 is 10.1 Å². The monoisotopic (exact) mass is 243 g/mol. The van der Waals surface area contributed by atoms with Crippen LogP contribution in [0.1, 0.15) is 19.4 Å². The van der Waals surface area contributed by atoms with Gasteiger partial charge in [-0.3, -0.25) is 0 Å². The highest BCUT2D eigenvalue weighted by Crippen LogP contribution is 2.26. The molecule has 0 fully saturated rings. The molecule has 0 bridgehead atoms. The number of hydrogen-bond acceptors (Lipinski definition) is 3. The van der Waals surface area contributed by atoms with E-state index in [1.807, 2.05) is 25.2 Å². The average molecular weight is 244 g/mol. The summed E-state index contributed by atoms with van der Waals surface area (Å²) in [6, 6.07) is 5.63. The first-order chi connectivity index (χ1) is 7.42. The summed E-state index contributed by atoms with van der Waals surface area (Å²) in [6.45, 7) is 4.37. The highest BCUT2D eigenvalue weighted by molar-refractivity contribution is 6.32. The Hall–Kier alpha value is -0.770. The van der Waals surface area contributed by atoms with Crippen LogP contribution in [-0.4, -0.2) is 24.4 Å². The zero-order chi connectivity index (χ0) is 12.2. The summed E-state index contributed by atoms with van der Waals surface area (Å²) in [5.41, 5.74) is 0.246. The number of aliphatic hydroxyl groups is 1. The van der Waals surface area contributed by atoms with Crippen molar-refractivity contribution in [2.75, 3.05) is 13.7 Å². The van der Waals surface area contributed by atoms with E-state index in [0.717, 1.165) is 12.1 Å². The third kappa shape index (κ3) is 4.39. The predicted molar refractivity (Wildman–Crippen MR) is 66.0 cm³/mol. The molecule has 1 aromatic rings. The van der Waals surface area contributed by atoms with Crippen LogP contribution in [0.4, 0.5) is 0 Å². The predicted octanol–water partition coefficient (Wildman–Crippen LogP) is 2.21. The summed E-state index contributed by atoms with van der Waals surface area (Å²) in [7, 11) is 1.88. The van der Waals surface area contributed by atoms with Gasteiger partial charge in [0, 0.05) is 6.54 Å². The van der Waals surface area contributed by atoms with E-state index < -0.39 is 5.60 Å². The lowest BCUT2D eigenvalue weighted by molar-refractivity contribution is 0.0285. The topological polar surface area (TPSA) is 41.5 Å². The van der Waals surface area contributed by atoms with Gasteiger partial charge in [-0.1, -0.05) is 17.7 Å². The van der Waals surface area contributed by atoms with Crippen molar-refractivity contribution in [2.24, 2.45) is 0 Å². The van der Waals surface area contributed by atoms with E-state index in [1.165, 1.54) is 0 Å². The number of halogens is 1. The third-order valence-electron chi connectivity index (χ3n) is 1.96. The number of ether oxygens (including phenoxy) is 1. The van der Waals surface area contributed by atoms with Crippen molar-refractivity contribution in [1.29, 1.82) is 0 Å². The van der Waals surface area contributed by atoms with Gasteiger partial charge in [-0.15, -0.1) is 0 Å². The molecular formula is C12H18ClNO2. The molecule has 0 heterocycles. The van der Waals surface area contributed by atoms with E-state index in [4.69, 9.17) is 16.3 Å². The molecule has 0 atom stereocenters. The zero-order valence-corrected chi connectivity index (χ0v) is 10.6. The molecule has 0 saturated carbocycles. The van der Waals surface area contributed by atoms with E-state index in [9.17, 15) is 5.11 Å². The molecule has 0 aromatic heterocycles. The van der Waals surface area contributed by atoms with Gasteiger partial charge in [0.1, 0.15) is 12.4 Å². The van der Waals surface area contributed by atoms with E-state index in [1.54, 1.807) is 13.8 Å². The van der Waals surface area contributed by atoms with Crippen LogP contribution in [0.5, 0.6) is 5.75 Å². The Labute approximate surface area is 101 Å². The second kappa shape index (κ2) is 5.53. The molecule has 0 aliphatic carbocycles. The van der Waals surface area contributed by atoms with Crippen molar-refractivity contribution >= 4 is 11.6 Å². The molecule has 0 amide bonds. The number of rotatable bonds is 5. The van der Waals surface area contributed by atoms with Gasteiger partial charge >= 0.3 is 0 Å². The van der Waals surface area contributed by atoms with Crippen molar-refractivity contribution in [2.45, 2.75) is 26.0 Å². The summed E-state index contributed by atoms with van der Waals surface area (Å²) in [4.78, 5) is 0. The minimum Gasteiger partial charge on any atom is -0.489 e. The lowest BCUT2D eigenvalue weighted by Gasteiger charge is -2.18. The molecule has 0 radical (unpaired) electrons. The first kappa shape index (κ1) is 13.3. The Kier molecular flexibility index (Phi) is 4.59. The average Bonchev–Trinajstić information content (AvgIpc) is 2.15. The molecule has 1 aromatic carbocycles. The normalized spacial score (nSPS) is 11.6. The van der Waals surface area contributed by atoms with Crippen LogP contribution in [0.2, 0.25) is 5.02 Å². The first-order valence-corrected chi connectivity index (χ1v) is 5.58. The summed E-state index contributed by atoms with van der Waals surface area (Å²) >= 11 is 6.06. The van der Waals surface area contributed by atoms with Crippen molar-refractivity contribution in [3.05, 3.63) is 28.8 Å². The summed E-state index contributed by atoms with van der Waals surface area (Å²) < 4.78 is 5.43. The van der Waals surface area contributed by atoms with Crippen LogP contribution in [-0.2, 0) is 6.54 Å². The Morgan fingerprint density at radius 2 is 2.12 bits per heavy atom. The van der Waals surface area contributed by atoms with Gasteiger partial charge in [0.15, 0.2) is 0 Å². The summed E-state index contributed by atoms with van der Waals surface area (Å²) in [5.74, 6) is 0.601. The first-order valence-electron chi connectivity index (χ1n) is 5.20. The lowest BCUT2D eigenvalue weighted by Crippen LogP contribution is -2.27. The SMILES string of the molecule is CNCc1ccc(OCC(C)(C)O)c(Cl)c1. The molecule has 0 saturated heterocycles. The molecule has 1 rings (SSSR count). The lowest BCUT2D eigenvalue weighted by atomic mass is 10.1. The Morgan fingerprint density at radius 3 is 2.62 bits per heavy atom. The fourth-order valence-electron chi connectivity index (χ4n) is 1.23. The fraction of sp³-hybridized carbons (Fsp3) is 0.500. The van der Waals surface area contributed by atoms with Crippen LogP contribution >= 0.6 is 11.6 Å². The minimum atomic E-state index is -0.854. The van der Waals surface area contributed by atoms with Gasteiger partial charge in [0.25, 0.3) is 0 Å². The molecule has 3 nitrogen and oxygen atoms in total. The molecule has 16 heavy (non-hydrogen) atoms. The Morgan fingerprint density at radius 1 is 1.44 bits per heavy atom. The third-order valence-corrected chi connectivity index (χ3v) is 2.25. The van der Waals surface area contributed by atoms with Crippen molar-refractivity contribution in [3.8, 4) is 5.75 Å². The largest absolute Gasteiger partial charge is 0.489 e. The van der Waals surface area contributed by atoms with Crippen LogP contribution in [0, 0.1) is 0 Å². The van der Waals surface area contributed by atoms with Crippen molar-refractivity contribution < 1.29 is 9.84 Å². The van der Waals surface area contributed by atoms with Crippen LogP contribution in [0.25, 0.3) is 0 Å². The number of nitrogens with one attached hydrogen (secondary N) is 1. The van der Waals surface area contributed by atoms with Crippen LogP contribution in [0.15, 0.2) is 18.2 Å². The fourth-order valence-corrected chi connectivity index (χ4v) is 1.49. The molecule has 90 valence electrons. The van der Waals surface area contributed by atoms with E-state index in [2.05, 4.69) is 5.32 Å². The zero-order valence-electron chi connectivity index (χ0n) is 9.88. The smallest absolute Gasteiger partial charge is 0.138 e. The molecular weight excluding hydrogens is 226 g/mol. The van der Waals surface area contributed by atoms with Crippen molar-refractivity contribution in [1.82, 2.24) is 5.32 Å². The molecule has 0 aliphatic heterocycles. The highest BCUT2D eigenvalue weighted by atomic mass is 35.5. The minimum absolute atomic E-state index is 0.220. The molecule has 0 aliphatic rings. The van der Waals surface area contributed by atoms with Crippen molar-refractivity contribution in [3.63, 3.8) is 0 Å². The number of benzene rings is 1. The van der Waals surface area contributed by atoms with Gasteiger partial charge in [0.2, 0.25) is 0 Å². The Balaban J connectivity index is 2.68. The second-order valence-corrected chi connectivity index (χ2v) is 4.80. The maximum Gasteiger partial charge on any atom is 0.138 e. The van der Waals surface area contributed by atoms with Gasteiger partial charge in [-0.2, -0.15) is 0 Å². The van der Waals surface area contributed by atoms with E-state index >= 15 is 0 Å². The Bertz CT molecular complexity index is 347. The van der Waals surface area contributed by atoms with Gasteiger partial charge in [0.05, 0.1) is 10.6 Å². The van der Waals surface area contributed by atoms with E-state index in [-0.39, 0.29) is 6.61 Å². The number of hydrogen-bond donors (Lipinski definition) is 2. The maximum atomic E-state index is 9.53. The quantitative estimate of drug-likeness (QED) is 0.833. The second-order valence-electron chi connectivity index (χ2n) is 4.40. The standard InChI is InChI=1S/C12H18ClNO2/c1-12(2,15)8-16-11-5-4-9(7-14-3)6-10(11)13/h4-6,14-15H,7-8H2,1-3H3. The van der Waals surface area contributed by atoms with Gasteiger partial charge in [-0.05, 0) is 38.6 Å². The summed E-state index contributed by atoms with van der Waals surface area (Å²) in [5, 5.41) is 13.1. The molecule has 2 N–H and O–H groups in total. The van der Waals surface area contributed by atoms with E-state index in [0.29, 0.717) is 10.8 Å². The highest BCUT2D eigenvalue weighted by Gasteiger charge is 2.14. The molecule has 0 unspecified atom stereocenters. The van der Waals surface area contributed by atoms with Gasteiger partial charge in [-0.25, -0.2) is 0 Å². The molecule has 4 heteroatoms. The maximum absolute atomic E-state index is 9.53. The van der Waals surface area contributed by atoms with Crippen LogP contribution in [0.3, 0.4) is 0 Å². The summed E-state index contributed by atoms with van der Waals surface area (Å²) in [6.07, 6.45) is 0. The van der Waals surface area contributed by atoms with Gasteiger partial charge < -0.3 is 15.2 Å².